The molecule has 3 aromatic rings. The number of piperazine rings is 1. The number of fused-ring (bicyclic) bond motifs is 1. The lowest BCUT2D eigenvalue weighted by Gasteiger charge is -2.32. The van der Waals surface area contributed by atoms with Crippen LogP contribution in [0, 0.1) is 12.7 Å². The van der Waals surface area contributed by atoms with Gasteiger partial charge in [0, 0.05) is 50.9 Å². The van der Waals surface area contributed by atoms with Gasteiger partial charge in [0.05, 0.1) is 17.1 Å². The number of rotatable bonds is 5. The molecule has 10 heteroatoms. The number of likely N-dealkylation sites (N-methyl/N-ethyl adjacent to an activating group) is 1. The Morgan fingerprint density at radius 1 is 1.05 bits per heavy atom. The van der Waals surface area contributed by atoms with Crippen LogP contribution in [0.1, 0.15) is 24.1 Å². The molecule has 0 amide bonds. The van der Waals surface area contributed by atoms with Gasteiger partial charge in [-0.15, -0.1) is 11.8 Å². The maximum Gasteiger partial charge on any atom is 0.401 e. The Bertz CT molecular complexity index is 1270. The molecule has 1 aliphatic rings. The molecule has 5 nitrogen and oxygen atoms in total. The first kappa shape index (κ1) is 29.0. The third-order valence-corrected chi connectivity index (χ3v) is 7.20. The van der Waals surface area contributed by atoms with Crippen LogP contribution >= 0.6 is 11.8 Å². The minimum absolute atomic E-state index is 0.00907. The zero-order chi connectivity index (χ0) is 27.3. The third-order valence-electron chi connectivity index (χ3n) is 6.38. The van der Waals surface area contributed by atoms with Crippen LogP contribution in [0.15, 0.2) is 52.3 Å². The smallest absolute Gasteiger partial charge is 0.378 e. The van der Waals surface area contributed by atoms with E-state index in [0.717, 1.165) is 35.3 Å². The van der Waals surface area contributed by atoms with Crippen LogP contribution < -0.4 is 10.9 Å². The number of alkyl halides is 3. The quantitative estimate of drug-likeness (QED) is 0.335. The molecule has 37 heavy (non-hydrogen) atoms. The van der Waals surface area contributed by atoms with E-state index in [9.17, 15) is 22.4 Å². The summed E-state index contributed by atoms with van der Waals surface area (Å²) in [5, 5.41) is 5.04. The van der Waals surface area contributed by atoms with Crippen LogP contribution in [0.4, 0.5) is 23.2 Å². The lowest BCUT2D eigenvalue weighted by Crippen LogP contribution is -2.47. The number of halogens is 4. The van der Waals surface area contributed by atoms with Gasteiger partial charge in [-0.25, -0.2) is 4.39 Å². The summed E-state index contributed by atoms with van der Waals surface area (Å²) in [6.45, 7) is 5.76. The van der Waals surface area contributed by atoms with Gasteiger partial charge in [-0.05, 0) is 67.9 Å². The Hall–Kier alpha value is -2.56. The summed E-state index contributed by atoms with van der Waals surface area (Å²) in [6, 6.07) is 10.9. The largest absolute Gasteiger partial charge is 0.401 e. The van der Waals surface area contributed by atoms with Crippen LogP contribution in [-0.2, 0) is 7.05 Å². The SMILES string of the molecule is CN1CCN(CC(F)(F)F)CC1.CSc1c(F)cccc1N[C@H](C)c1cc(C)cc2c(=O)n(C)ccc12. The van der Waals surface area contributed by atoms with Crippen molar-refractivity contribution in [3.05, 3.63) is 69.9 Å². The fourth-order valence-corrected chi connectivity index (χ4v) is 5.00. The highest BCUT2D eigenvalue weighted by Crippen LogP contribution is 2.33. The van der Waals surface area contributed by atoms with Crippen LogP contribution in [0.25, 0.3) is 10.8 Å². The number of aryl methyl sites for hydroxylation is 2. The summed E-state index contributed by atoms with van der Waals surface area (Å²) in [5.41, 5.74) is 2.82. The van der Waals surface area contributed by atoms with Crippen LogP contribution in [-0.4, -0.2) is 66.6 Å². The maximum atomic E-state index is 14.0. The Labute approximate surface area is 219 Å². The van der Waals surface area contributed by atoms with E-state index in [4.69, 9.17) is 0 Å². The van der Waals surface area contributed by atoms with Crippen molar-refractivity contribution in [3.8, 4) is 0 Å². The Morgan fingerprint density at radius 3 is 2.35 bits per heavy atom. The van der Waals surface area contributed by atoms with Gasteiger partial charge < -0.3 is 14.8 Å². The number of aromatic nitrogens is 1. The van der Waals surface area contributed by atoms with Crippen molar-refractivity contribution in [1.82, 2.24) is 14.4 Å². The molecule has 2 heterocycles. The molecule has 0 radical (unpaired) electrons. The van der Waals surface area contributed by atoms with E-state index in [0.29, 0.717) is 23.4 Å². The van der Waals surface area contributed by atoms with E-state index in [2.05, 4.69) is 11.4 Å². The van der Waals surface area contributed by atoms with Crippen molar-refractivity contribution in [2.75, 3.05) is 51.3 Å². The highest BCUT2D eigenvalue weighted by Gasteiger charge is 2.31. The molecule has 0 bridgehead atoms. The molecule has 0 unspecified atom stereocenters. The van der Waals surface area contributed by atoms with Gasteiger partial charge in [0.1, 0.15) is 5.82 Å². The molecule has 1 saturated heterocycles. The standard InChI is InChI=1S/C20H21FN2OS.C7H13F3N2/c1-12-10-15(14-8-9-23(3)20(24)16(14)11-12)13(2)22-18-7-5-6-17(21)19(18)25-4;1-11-2-4-12(5-3-11)6-7(8,9)10/h5-11,13,22H,1-4H3;2-6H2,1H3/t13-;/m1./s1. The summed E-state index contributed by atoms with van der Waals surface area (Å²) in [4.78, 5) is 16.5. The van der Waals surface area contributed by atoms with Crippen LogP contribution in [0.5, 0.6) is 0 Å². The molecule has 1 fully saturated rings. The predicted octanol–water partition coefficient (Wildman–Crippen LogP) is 5.68. The Balaban J connectivity index is 0.000000266. The minimum atomic E-state index is -4.05. The highest BCUT2D eigenvalue weighted by molar-refractivity contribution is 7.98. The van der Waals surface area contributed by atoms with Crippen molar-refractivity contribution in [2.24, 2.45) is 7.05 Å². The summed E-state index contributed by atoms with van der Waals surface area (Å²) >= 11 is 1.38. The van der Waals surface area contributed by atoms with E-state index in [-0.39, 0.29) is 17.4 Å². The minimum Gasteiger partial charge on any atom is -0.378 e. The number of nitrogens with zero attached hydrogens (tertiary/aromatic N) is 3. The lowest BCUT2D eigenvalue weighted by molar-refractivity contribution is -0.148. The second-order valence-corrected chi connectivity index (χ2v) is 10.2. The molecule has 0 saturated carbocycles. The second kappa shape index (κ2) is 12.3. The Kier molecular flexibility index (Phi) is 9.66. The van der Waals surface area contributed by atoms with Crippen molar-refractivity contribution < 1.29 is 17.6 Å². The van der Waals surface area contributed by atoms with Gasteiger partial charge in [0.25, 0.3) is 5.56 Å². The predicted molar refractivity (Wildman–Crippen MR) is 144 cm³/mol. The van der Waals surface area contributed by atoms with Gasteiger partial charge in [-0.2, -0.15) is 13.2 Å². The summed E-state index contributed by atoms with van der Waals surface area (Å²) < 4.78 is 51.2. The van der Waals surface area contributed by atoms with Crippen molar-refractivity contribution >= 4 is 28.2 Å². The van der Waals surface area contributed by atoms with Gasteiger partial charge in [-0.1, -0.05) is 12.1 Å². The number of pyridine rings is 1. The summed E-state index contributed by atoms with van der Waals surface area (Å²) in [6.07, 6.45) is -0.401. The van der Waals surface area contributed by atoms with Gasteiger partial charge >= 0.3 is 6.18 Å². The highest BCUT2D eigenvalue weighted by atomic mass is 32.2. The van der Waals surface area contributed by atoms with E-state index in [1.54, 1.807) is 23.9 Å². The maximum absolute atomic E-state index is 14.0. The number of hydrogen-bond acceptors (Lipinski definition) is 5. The van der Waals surface area contributed by atoms with E-state index in [1.807, 2.05) is 50.2 Å². The number of benzene rings is 2. The first-order valence-electron chi connectivity index (χ1n) is 12.1. The molecular weight excluding hydrogens is 504 g/mol. The van der Waals surface area contributed by atoms with Crippen molar-refractivity contribution in [1.29, 1.82) is 0 Å². The number of anilines is 1. The normalized spacial score (nSPS) is 15.8. The topological polar surface area (TPSA) is 40.5 Å². The van der Waals surface area contributed by atoms with Gasteiger partial charge in [-0.3, -0.25) is 9.69 Å². The average molecular weight is 539 g/mol. The first-order valence-corrected chi connectivity index (χ1v) is 13.3. The molecule has 1 atom stereocenters. The van der Waals surface area contributed by atoms with Gasteiger partial charge in [0.15, 0.2) is 0 Å². The number of nitrogens with one attached hydrogen (secondary N) is 1. The van der Waals surface area contributed by atoms with Crippen molar-refractivity contribution in [3.63, 3.8) is 0 Å². The summed E-state index contributed by atoms with van der Waals surface area (Å²) in [7, 11) is 3.67. The summed E-state index contributed by atoms with van der Waals surface area (Å²) in [5.74, 6) is -0.229. The van der Waals surface area contributed by atoms with Gasteiger partial charge in [0.2, 0.25) is 0 Å². The van der Waals surface area contributed by atoms with E-state index < -0.39 is 12.7 Å². The fourth-order valence-electron chi connectivity index (χ4n) is 4.39. The monoisotopic (exact) mass is 538 g/mol. The molecule has 1 aliphatic heterocycles. The second-order valence-electron chi connectivity index (χ2n) is 9.43. The molecule has 0 spiro atoms. The zero-order valence-electron chi connectivity index (χ0n) is 21.8. The lowest BCUT2D eigenvalue weighted by atomic mass is 9.98. The van der Waals surface area contributed by atoms with Crippen LogP contribution in [0.2, 0.25) is 0 Å². The molecule has 202 valence electrons. The third kappa shape index (κ3) is 7.72. The number of hydrogen-bond donors (Lipinski definition) is 1. The zero-order valence-corrected chi connectivity index (χ0v) is 22.6. The Morgan fingerprint density at radius 2 is 1.73 bits per heavy atom. The molecular formula is C27H34F4N4OS. The molecule has 1 aromatic heterocycles. The molecule has 2 aromatic carbocycles. The molecule has 1 N–H and O–H groups in total. The van der Waals surface area contributed by atoms with E-state index >= 15 is 0 Å². The van der Waals surface area contributed by atoms with Crippen molar-refractivity contribution in [2.45, 2.75) is 31.0 Å². The van der Waals surface area contributed by atoms with Crippen LogP contribution in [0.3, 0.4) is 0 Å². The average Bonchev–Trinajstić information content (AvgIpc) is 2.82. The number of thioether (sulfide) groups is 1. The first-order chi connectivity index (χ1) is 17.4. The fraction of sp³-hybridized carbons (Fsp3) is 0.444. The van der Waals surface area contributed by atoms with E-state index in [1.165, 1.54) is 22.7 Å². The molecule has 4 rings (SSSR count). The molecule has 0 aliphatic carbocycles.